The van der Waals surface area contributed by atoms with E-state index in [1.54, 1.807) is 0 Å². The molecular formula is C18H23N3O3. The van der Waals surface area contributed by atoms with Gasteiger partial charge in [-0.25, -0.2) is 4.79 Å². The van der Waals surface area contributed by atoms with E-state index in [1.807, 2.05) is 18.7 Å². The SMILES string of the molecule is Cc1cc(C)cc(Cc2c(N3CCOCC3)[nH]c(=O)n(C)c2=O)c1. The van der Waals surface area contributed by atoms with Crippen molar-refractivity contribution in [1.82, 2.24) is 9.55 Å². The first-order valence-electron chi connectivity index (χ1n) is 8.18. The summed E-state index contributed by atoms with van der Waals surface area (Å²) in [4.78, 5) is 29.7. The minimum atomic E-state index is -0.384. The number of rotatable bonds is 3. The van der Waals surface area contributed by atoms with Crippen molar-refractivity contribution in [1.29, 1.82) is 0 Å². The maximum atomic E-state index is 12.7. The second-order valence-electron chi connectivity index (χ2n) is 6.39. The number of aromatic nitrogens is 2. The van der Waals surface area contributed by atoms with E-state index in [1.165, 1.54) is 18.2 Å². The van der Waals surface area contributed by atoms with Gasteiger partial charge in [0.25, 0.3) is 5.56 Å². The van der Waals surface area contributed by atoms with E-state index in [0.29, 0.717) is 44.1 Å². The summed E-state index contributed by atoms with van der Waals surface area (Å²) < 4.78 is 6.52. The number of aryl methyl sites for hydroxylation is 2. The number of aromatic amines is 1. The van der Waals surface area contributed by atoms with Crippen LogP contribution < -0.4 is 16.1 Å². The number of hydrogen-bond acceptors (Lipinski definition) is 4. The van der Waals surface area contributed by atoms with Crippen molar-refractivity contribution in [3.8, 4) is 0 Å². The number of nitrogens with zero attached hydrogens (tertiary/aromatic N) is 2. The van der Waals surface area contributed by atoms with Crippen molar-refractivity contribution in [3.63, 3.8) is 0 Å². The van der Waals surface area contributed by atoms with Gasteiger partial charge in [-0.1, -0.05) is 29.3 Å². The van der Waals surface area contributed by atoms with Crippen LogP contribution in [0.5, 0.6) is 0 Å². The van der Waals surface area contributed by atoms with E-state index in [-0.39, 0.29) is 11.2 Å². The van der Waals surface area contributed by atoms with Gasteiger partial charge < -0.3 is 9.64 Å². The lowest BCUT2D eigenvalue weighted by Gasteiger charge is -2.29. The lowest BCUT2D eigenvalue weighted by molar-refractivity contribution is 0.122. The Balaban J connectivity index is 2.09. The first-order chi connectivity index (χ1) is 11.5. The molecule has 24 heavy (non-hydrogen) atoms. The number of morpholine rings is 1. The first-order valence-corrected chi connectivity index (χ1v) is 8.18. The van der Waals surface area contributed by atoms with E-state index >= 15 is 0 Å². The summed E-state index contributed by atoms with van der Waals surface area (Å²) in [6.45, 7) is 6.63. The zero-order valence-electron chi connectivity index (χ0n) is 14.4. The van der Waals surface area contributed by atoms with E-state index in [0.717, 1.165) is 10.1 Å². The molecule has 1 aromatic carbocycles. The van der Waals surface area contributed by atoms with Crippen molar-refractivity contribution in [2.24, 2.45) is 7.05 Å². The largest absolute Gasteiger partial charge is 0.378 e. The summed E-state index contributed by atoms with van der Waals surface area (Å²) in [6, 6.07) is 6.28. The van der Waals surface area contributed by atoms with Crippen molar-refractivity contribution in [2.45, 2.75) is 20.3 Å². The number of H-pyrrole nitrogens is 1. The van der Waals surface area contributed by atoms with Crippen LogP contribution in [0.3, 0.4) is 0 Å². The molecule has 1 aliphatic rings. The molecule has 1 N–H and O–H groups in total. The Bertz CT molecular complexity index is 841. The Kier molecular flexibility index (Phi) is 4.57. The average Bonchev–Trinajstić information content (AvgIpc) is 2.55. The normalized spacial score (nSPS) is 14.9. The zero-order chi connectivity index (χ0) is 17.3. The van der Waals surface area contributed by atoms with Gasteiger partial charge in [0.2, 0.25) is 0 Å². The minimum Gasteiger partial charge on any atom is -0.378 e. The second kappa shape index (κ2) is 6.65. The van der Waals surface area contributed by atoms with Crippen molar-refractivity contribution >= 4 is 5.82 Å². The molecule has 1 saturated heterocycles. The minimum absolute atomic E-state index is 0.237. The van der Waals surface area contributed by atoms with E-state index in [4.69, 9.17) is 4.74 Å². The fourth-order valence-electron chi connectivity index (χ4n) is 3.25. The monoisotopic (exact) mass is 329 g/mol. The Labute approximate surface area is 140 Å². The highest BCUT2D eigenvalue weighted by Crippen LogP contribution is 2.19. The molecule has 0 radical (unpaired) electrons. The lowest BCUT2D eigenvalue weighted by atomic mass is 10.0. The number of benzene rings is 1. The van der Waals surface area contributed by atoms with Gasteiger partial charge in [-0.15, -0.1) is 0 Å². The molecule has 128 valence electrons. The van der Waals surface area contributed by atoms with Crippen LogP contribution in [0.2, 0.25) is 0 Å². The van der Waals surface area contributed by atoms with Crippen LogP contribution in [0.15, 0.2) is 27.8 Å². The molecule has 2 aromatic rings. The summed E-state index contributed by atoms with van der Waals surface area (Å²) in [5.41, 5.74) is 3.42. The molecule has 0 unspecified atom stereocenters. The van der Waals surface area contributed by atoms with Crippen LogP contribution in [-0.2, 0) is 18.2 Å². The molecule has 1 aliphatic heterocycles. The van der Waals surface area contributed by atoms with Crippen molar-refractivity contribution in [3.05, 3.63) is 61.3 Å². The summed E-state index contributed by atoms with van der Waals surface area (Å²) in [5.74, 6) is 0.630. The smallest absolute Gasteiger partial charge is 0.329 e. The highest BCUT2D eigenvalue weighted by molar-refractivity contribution is 5.48. The third-order valence-electron chi connectivity index (χ3n) is 4.37. The molecule has 1 aromatic heterocycles. The summed E-state index contributed by atoms with van der Waals surface area (Å²) in [5, 5.41) is 0. The van der Waals surface area contributed by atoms with Gasteiger partial charge in [-0.3, -0.25) is 14.3 Å². The molecule has 2 heterocycles. The molecule has 0 atom stereocenters. The Hall–Kier alpha value is -2.34. The highest BCUT2D eigenvalue weighted by atomic mass is 16.5. The Morgan fingerprint density at radius 2 is 1.71 bits per heavy atom. The van der Waals surface area contributed by atoms with Gasteiger partial charge in [0.1, 0.15) is 5.82 Å². The summed E-state index contributed by atoms with van der Waals surface area (Å²) in [6.07, 6.45) is 0.499. The van der Waals surface area contributed by atoms with Crippen LogP contribution in [0.1, 0.15) is 22.3 Å². The van der Waals surface area contributed by atoms with Gasteiger partial charge in [0.15, 0.2) is 0 Å². The fourth-order valence-corrected chi connectivity index (χ4v) is 3.25. The van der Waals surface area contributed by atoms with Crippen molar-refractivity contribution < 1.29 is 4.74 Å². The molecule has 1 fully saturated rings. The predicted molar refractivity (Wildman–Crippen MR) is 94.1 cm³/mol. The molecular weight excluding hydrogens is 306 g/mol. The van der Waals surface area contributed by atoms with E-state index < -0.39 is 0 Å². The molecule has 0 bridgehead atoms. The van der Waals surface area contributed by atoms with Gasteiger partial charge >= 0.3 is 5.69 Å². The summed E-state index contributed by atoms with van der Waals surface area (Å²) >= 11 is 0. The lowest BCUT2D eigenvalue weighted by Crippen LogP contribution is -2.43. The molecule has 3 rings (SSSR count). The van der Waals surface area contributed by atoms with Crippen LogP contribution in [-0.4, -0.2) is 35.9 Å². The van der Waals surface area contributed by atoms with Crippen molar-refractivity contribution in [2.75, 3.05) is 31.2 Å². The van der Waals surface area contributed by atoms with Gasteiger partial charge in [0.05, 0.1) is 18.8 Å². The predicted octanol–water partition coefficient (Wildman–Crippen LogP) is 1.12. The number of ether oxygens (including phenoxy) is 1. The van der Waals surface area contributed by atoms with Gasteiger partial charge in [-0.05, 0) is 19.4 Å². The maximum absolute atomic E-state index is 12.7. The maximum Gasteiger partial charge on any atom is 0.329 e. The number of hydrogen-bond donors (Lipinski definition) is 1. The number of anilines is 1. The quantitative estimate of drug-likeness (QED) is 0.916. The van der Waals surface area contributed by atoms with Crippen LogP contribution >= 0.6 is 0 Å². The zero-order valence-corrected chi connectivity index (χ0v) is 14.4. The third-order valence-corrected chi connectivity index (χ3v) is 4.37. The molecule has 0 spiro atoms. The number of nitrogens with one attached hydrogen (secondary N) is 1. The second-order valence-corrected chi connectivity index (χ2v) is 6.39. The van der Waals surface area contributed by atoms with Crippen LogP contribution in [0, 0.1) is 13.8 Å². The molecule has 0 saturated carbocycles. The van der Waals surface area contributed by atoms with E-state index in [2.05, 4.69) is 23.2 Å². The molecule has 6 nitrogen and oxygen atoms in total. The van der Waals surface area contributed by atoms with E-state index in [9.17, 15) is 9.59 Å². The molecule has 0 amide bonds. The third kappa shape index (κ3) is 3.28. The van der Waals surface area contributed by atoms with Gasteiger partial charge in [-0.2, -0.15) is 0 Å². The average molecular weight is 329 g/mol. The molecule has 6 heteroatoms. The fraction of sp³-hybridized carbons (Fsp3) is 0.444. The highest BCUT2D eigenvalue weighted by Gasteiger charge is 2.20. The first kappa shape index (κ1) is 16.5. The standard InChI is InChI=1S/C18H23N3O3/c1-12-8-13(2)10-14(9-12)11-15-16(21-4-6-24-7-5-21)19-18(23)20(3)17(15)22/h8-10H,4-7,11H2,1-3H3,(H,19,23). The summed E-state index contributed by atoms with van der Waals surface area (Å²) in [7, 11) is 1.51. The van der Waals surface area contributed by atoms with Crippen LogP contribution in [0.25, 0.3) is 0 Å². The topological polar surface area (TPSA) is 67.3 Å². The molecule has 0 aliphatic carbocycles. The van der Waals surface area contributed by atoms with Crippen LogP contribution in [0.4, 0.5) is 5.82 Å². The van der Waals surface area contributed by atoms with Gasteiger partial charge in [0, 0.05) is 26.6 Å². The Morgan fingerprint density at radius 1 is 1.08 bits per heavy atom. The Morgan fingerprint density at radius 3 is 2.33 bits per heavy atom.